The third-order valence-electron chi connectivity index (χ3n) is 6.41. The van der Waals surface area contributed by atoms with E-state index in [0.29, 0.717) is 54.6 Å². The van der Waals surface area contributed by atoms with E-state index in [1.165, 1.54) is 47.7 Å². The molecule has 2 N–H and O–H groups in total. The van der Waals surface area contributed by atoms with Gasteiger partial charge in [-0.25, -0.2) is 8.42 Å². The number of carbonyl (C=O) groups is 1. The summed E-state index contributed by atoms with van der Waals surface area (Å²) >= 11 is 1.49. The molecule has 0 bridgehead atoms. The van der Waals surface area contributed by atoms with Crippen LogP contribution >= 0.6 is 11.3 Å². The van der Waals surface area contributed by atoms with Crippen molar-refractivity contribution in [3.8, 4) is 21.9 Å². The molecular weight excluding hydrogens is 566 g/mol. The van der Waals surface area contributed by atoms with Crippen LogP contribution in [-0.2, 0) is 14.8 Å². The van der Waals surface area contributed by atoms with E-state index < -0.39 is 10.0 Å². The van der Waals surface area contributed by atoms with Crippen molar-refractivity contribution in [1.29, 1.82) is 0 Å². The summed E-state index contributed by atoms with van der Waals surface area (Å²) in [6, 6.07) is 14.2. The molecule has 1 fully saturated rings. The first-order chi connectivity index (χ1) is 19.8. The van der Waals surface area contributed by atoms with Gasteiger partial charge in [-0.2, -0.15) is 0 Å². The summed E-state index contributed by atoms with van der Waals surface area (Å²) < 4.78 is 44.0. The van der Waals surface area contributed by atoms with Crippen molar-refractivity contribution in [2.24, 2.45) is 0 Å². The monoisotopic (exact) mass is 595 g/mol. The van der Waals surface area contributed by atoms with Crippen molar-refractivity contribution in [3.63, 3.8) is 0 Å². The third kappa shape index (κ3) is 7.22. The van der Waals surface area contributed by atoms with Gasteiger partial charge in [0.05, 0.1) is 18.1 Å². The molecular formula is C29H29N3O7S2. The minimum atomic E-state index is -3.90. The van der Waals surface area contributed by atoms with E-state index in [1.807, 2.05) is 17.5 Å². The number of carbonyl (C=O) groups excluding carboxylic acids is 1. The SMILES string of the molecule is Cc1cc(NS(=O)(=O)c2ccc(C(=O)/C=C/c3cc(-c4cccs4)c(O)cc3OCCN3CCOCC3)cc2)no1. The average Bonchev–Trinajstić information content (AvgIpc) is 3.65. The second kappa shape index (κ2) is 12.7. The molecule has 10 nitrogen and oxygen atoms in total. The minimum Gasteiger partial charge on any atom is -0.507 e. The molecule has 0 atom stereocenters. The number of hydrogen-bond acceptors (Lipinski definition) is 10. The topological polar surface area (TPSA) is 131 Å². The maximum absolute atomic E-state index is 13.0. The van der Waals surface area contributed by atoms with Gasteiger partial charge in [0.1, 0.15) is 23.9 Å². The van der Waals surface area contributed by atoms with Gasteiger partial charge in [-0.15, -0.1) is 11.3 Å². The van der Waals surface area contributed by atoms with Crippen LogP contribution in [0.5, 0.6) is 11.5 Å². The summed E-state index contributed by atoms with van der Waals surface area (Å²) in [5.74, 6) is 0.764. The van der Waals surface area contributed by atoms with E-state index in [-0.39, 0.29) is 22.2 Å². The first-order valence-electron chi connectivity index (χ1n) is 12.9. The number of anilines is 1. The van der Waals surface area contributed by atoms with Gasteiger partial charge in [0.15, 0.2) is 11.6 Å². The van der Waals surface area contributed by atoms with Gasteiger partial charge >= 0.3 is 0 Å². The summed E-state index contributed by atoms with van der Waals surface area (Å²) in [5, 5.41) is 16.3. The molecule has 1 saturated heterocycles. The summed E-state index contributed by atoms with van der Waals surface area (Å²) in [7, 11) is -3.90. The summed E-state index contributed by atoms with van der Waals surface area (Å²) in [6.07, 6.45) is 3.04. The fraction of sp³-hybridized carbons (Fsp3) is 0.241. The molecule has 0 unspecified atom stereocenters. The average molecular weight is 596 g/mol. The maximum Gasteiger partial charge on any atom is 0.263 e. The predicted octanol–water partition coefficient (Wildman–Crippen LogP) is 4.83. The Labute approximate surface area is 241 Å². The van der Waals surface area contributed by atoms with Crippen molar-refractivity contribution in [2.45, 2.75) is 11.8 Å². The molecule has 12 heteroatoms. The number of ether oxygens (including phenoxy) is 2. The van der Waals surface area contributed by atoms with Gasteiger partial charge in [0.2, 0.25) is 0 Å². The maximum atomic E-state index is 13.0. The molecule has 4 aromatic rings. The zero-order valence-corrected chi connectivity index (χ0v) is 23.9. The largest absolute Gasteiger partial charge is 0.507 e. The van der Waals surface area contributed by atoms with Crippen molar-refractivity contribution in [3.05, 3.63) is 82.9 Å². The van der Waals surface area contributed by atoms with E-state index in [9.17, 15) is 18.3 Å². The molecule has 0 aliphatic carbocycles. The Morgan fingerprint density at radius 2 is 1.95 bits per heavy atom. The van der Waals surface area contributed by atoms with Crippen molar-refractivity contribution in [2.75, 3.05) is 44.2 Å². The van der Waals surface area contributed by atoms with Crippen LogP contribution in [0.1, 0.15) is 21.7 Å². The molecule has 0 radical (unpaired) electrons. The Bertz CT molecular complexity index is 1620. The molecule has 0 spiro atoms. The normalized spacial score (nSPS) is 14.4. The number of aromatic hydroxyl groups is 1. The number of phenols is 1. The molecule has 1 aliphatic heterocycles. The number of sulfonamides is 1. The zero-order valence-electron chi connectivity index (χ0n) is 22.3. The van der Waals surface area contributed by atoms with Crippen molar-refractivity contribution >= 4 is 39.0 Å². The molecule has 2 aromatic carbocycles. The Kier molecular flexibility index (Phi) is 8.84. The van der Waals surface area contributed by atoms with E-state index in [0.717, 1.165) is 18.0 Å². The Hall–Kier alpha value is -3.97. The molecule has 2 aromatic heterocycles. The number of phenolic OH excluding ortho intramolecular Hbond substituents is 1. The van der Waals surface area contributed by atoms with E-state index in [4.69, 9.17) is 14.0 Å². The Morgan fingerprint density at radius 3 is 2.63 bits per heavy atom. The lowest BCUT2D eigenvalue weighted by Crippen LogP contribution is -2.38. The van der Waals surface area contributed by atoms with Gasteiger partial charge in [-0.3, -0.25) is 14.4 Å². The number of allylic oxidation sites excluding steroid dienone is 1. The fourth-order valence-corrected chi connectivity index (χ4v) is 5.99. The van der Waals surface area contributed by atoms with Crippen LogP contribution in [0, 0.1) is 6.92 Å². The van der Waals surface area contributed by atoms with Gasteiger partial charge in [0.25, 0.3) is 10.0 Å². The first kappa shape index (κ1) is 28.6. The van der Waals surface area contributed by atoms with Crippen LogP contribution in [0.4, 0.5) is 5.82 Å². The van der Waals surface area contributed by atoms with Gasteiger partial charge < -0.3 is 19.1 Å². The number of morpholine rings is 1. The smallest absolute Gasteiger partial charge is 0.263 e. The number of ketones is 1. The minimum absolute atomic E-state index is 0.0197. The highest BCUT2D eigenvalue weighted by molar-refractivity contribution is 7.92. The number of nitrogens with one attached hydrogen (secondary N) is 1. The molecule has 0 amide bonds. The quantitative estimate of drug-likeness (QED) is 0.185. The number of nitrogens with zero attached hydrogens (tertiary/aromatic N) is 2. The summed E-state index contributed by atoms with van der Waals surface area (Å²) in [4.78, 5) is 16.1. The molecule has 214 valence electrons. The number of benzene rings is 2. The van der Waals surface area contributed by atoms with E-state index in [2.05, 4.69) is 14.8 Å². The van der Waals surface area contributed by atoms with Crippen molar-refractivity contribution in [1.82, 2.24) is 10.1 Å². The summed E-state index contributed by atoms with van der Waals surface area (Å²) in [6.45, 7) is 5.82. The Morgan fingerprint density at radius 1 is 1.17 bits per heavy atom. The lowest BCUT2D eigenvalue weighted by atomic mass is 10.0. The number of rotatable bonds is 11. The predicted molar refractivity (Wildman–Crippen MR) is 156 cm³/mol. The second-order valence-corrected chi connectivity index (χ2v) is 12.0. The Balaban J connectivity index is 1.32. The zero-order chi connectivity index (χ0) is 28.8. The van der Waals surface area contributed by atoms with Gasteiger partial charge in [-0.05, 0) is 60.9 Å². The molecule has 41 heavy (non-hydrogen) atoms. The van der Waals surface area contributed by atoms with Crippen LogP contribution < -0.4 is 9.46 Å². The lowest BCUT2D eigenvalue weighted by Gasteiger charge is -2.26. The van der Waals surface area contributed by atoms with Crippen LogP contribution in [-0.4, -0.2) is 68.8 Å². The number of thiophene rings is 1. The lowest BCUT2D eigenvalue weighted by molar-refractivity contribution is 0.0322. The molecule has 1 aliphatic rings. The molecule has 5 rings (SSSR count). The standard InChI is InChI=1S/C29H29N3O7S2/c1-20-17-29(30-39-20)31-41(35,36)23-7-4-21(5-8-23)25(33)9-6-22-18-24(28-3-2-16-40-28)26(34)19-27(22)38-15-12-32-10-13-37-14-11-32/h2-9,16-19,34H,10-15H2,1H3,(H,30,31)/b9-6+. The highest BCUT2D eigenvalue weighted by Crippen LogP contribution is 2.38. The molecule has 0 saturated carbocycles. The molecule has 3 heterocycles. The highest BCUT2D eigenvalue weighted by Gasteiger charge is 2.18. The fourth-order valence-electron chi connectivity index (χ4n) is 4.25. The number of aromatic nitrogens is 1. The summed E-state index contributed by atoms with van der Waals surface area (Å²) in [5.41, 5.74) is 1.58. The van der Waals surface area contributed by atoms with Gasteiger partial charge in [-0.1, -0.05) is 11.2 Å². The van der Waals surface area contributed by atoms with Crippen molar-refractivity contribution < 1.29 is 32.3 Å². The van der Waals surface area contributed by atoms with Crippen LogP contribution in [0.2, 0.25) is 0 Å². The second-order valence-electron chi connectivity index (χ2n) is 9.34. The third-order valence-corrected chi connectivity index (χ3v) is 8.69. The highest BCUT2D eigenvalue weighted by atomic mass is 32.2. The van der Waals surface area contributed by atoms with Gasteiger partial charge in [0, 0.05) is 53.3 Å². The first-order valence-corrected chi connectivity index (χ1v) is 15.3. The van der Waals surface area contributed by atoms with Crippen LogP contribution in [0.25, 0.3) is 16.5 Å². The number of aryl methyl sites for hydroxylation is 1. The van der Waals surface area contributed by atoms with Crippen LogP contribution in [0.15, 0.2) is 75.5 Å². The van der Waals surface area contributed by atoms with E-state index in [1.54, 1.807) is 25.1 Å². The number of hydrogen-bond donors (Lipinski definition) is 2. The van der Waals surface area contributed by atoms with Crippen LogP contribution in [0.3, 0.4) is 0 Å². The van der Waals surface area contributed by atoms with E-state index >= 15 is 0 Å².